The first kappa shape index (κ1) is 8.83. The molecular weight excluding hydrogens is 178 g/mol. The fraction of sp³-hybridized carbons (Fsp3) is 0.222. The second kappa shape index (κ2) is 3.19. The highest BCUT2D eigenvalue weighted by molar-refractivity contribution is 5.58. The molecule has 1 aromatic rings. The Balaban J connectivity index is 2.32. The molecule has 3 N–H and O–H groups in total. The van der Waals surface area contributed by atoms with Crippen molar-refractivity contribution in [3.8, 4) is 0 Å². The van der Waals surface area contributed by atoms with Gasteiger partial charge in [0.2, 0.25) is 0 Å². The summed E-state index contributed by atoms with van der Waals surface area (Å²) < 4.78 is 0. The molecule has 0 saturated carbocycles. The molecule has 0 bridgehead atoms. The third-order valence-electron chi connectivity index (χ3n) is 2.05. The normalized spacial score (nSPS) is 15.3. The largest absolute Gasteiger partial charge is 0.397 e. The van der Waals surface area contributed by atoms with Crippen LogP contribution in [-0.2, 0) is 0 Å². The Bertz CT molecular complexity index is 373. The zero-order chi connectivity index (χ0) is 10.1. The van der Waals surface area contributed by atoms with Gasteiger partial charge in [-0.2, -0.15) is 0 Å². The van der Waals surface area contributed by atoms with Crippen molar-refractivity contribution < 1.29 is 0 Å². The Labute approximate surface area is 82.8 Å². The van der Waals surface area contributed by atoms with E-state index >= 15 is 0 Å². The van der Waals surface area contributed by atoms with Gasteiger partial charge in [-0.25, -0.2) is 0 Å². The summed E-state index contributed by atoms with van der Waals surface area (Å²) in [5.41, 5.74) is 11.3. The maximum atomic E-state index is 5.68. The Hall–Kier alpha value is -1.75. The predicted octanol–water partition coefficient (Wildman–Crippen LogP) is 0.615. The molecule has 1 aromatic heterocycles. The van der Waals surface area contributed by atoms with Crippen LogP contribution in [0.2, 0.25) is 0 Å². The first-order chi connectivity index (χ1) is 6.66. The van der Waals surface area contributed by atoms with Crippen LogP contribution in [0, 0.1) is 6.92 Å². The van der Waals surface area contributed by atoms with Gasteiger partial charge in [0.15, 0.2) is 0 Å². The lowest BCUT2D eigenvalue weighted by Crippen LogP contribution is -2.37. The van der Waals surface area contributed by atoms with Crippen molar-refractivity contribution in [2.75, 3.05) is 17.8 Å². The number of hydrazine groups is 2. The van der Waals surface area contributed by atoms with E-state index in [-0.39, 0.29) is 0 Å². The standard InChI is InChI=1S/C9H13N5/c1-7-9(5-8(10)6-11-7)14-4-3-13(2)12-14/h3-6,12H,10H2,1-2H3. The van der Waals surface area contributed by atoms with Gasteiger partial charge in [0.1, 0.15) is 0 Å². The van der Waals surface area contributed by atoms with Gasteiger partial charge in [0, 0.05) is 19.4 Å². The van der Waals surface area contributed by atoms with Crippen molar-refractivity contribution in [2.45, 2.75) is 6.92 Å². The van der Waals surface area contributed by atoms with E-state index < -0.39 is 0 Å². The van der Waals surface area contributed by atoms with Gasteiger partial charge < -0.3 is 5.73 Å². The quantitative estimate of drug-likeness (QED) is 0.681. The number of nitrogen functional groups attached to an aromatic ring is 1. The van der Waals surface area contributed by atoms with Crippen LogP contribution in [0.3, 0.4) is 0 Å². The van der Waals surface area contributed by atoms with Gasteiger partial charge in [-0.1, -0.05) is 0 Å². The molecule has 5 nitrogen and oxygen atoms in total. The number of hydrogen-bond acceptors (Lipinski definition) is 5. The van der Waals surface area contributed by atoms with Crippen molar-refractivity contribution in [3.05, 3.63) is 30.4 Å². The van der Waals surface area contributed by atoms with Crippen LogP contribution >= 0.6 is 0 Å². The average Bonchev–Trinajstić information content (AvgIpc) is 2.56. The van der Waals surface area contributed by atoms with E-state index in [1.807, 2.05) is 42.5 Å². The summed E-state index contributed by atoms with van der Waals surface area (Å²) in [5, 5.41) is 3.72. The first-order valence-electron chi connectivity index (χ1n) is 4.35. The second-order valence-corrected chi connectivity index (χ2v) is 3.25. The summed E-state index contributed by atoms with van der Waals surface area (Å²) in [4.78, 5) is 4.19. The summed E-state index contributed by atoms with van der Waals surface area (Å²) in [7, 11) is 1.92. The molecule has 0 aliphatic carbocycles. The van der Waals surface area contributed by atoms with E-state index in [2.05, 4.69) is 10.5 Å². The lowest BCUT2D eigenvalue weighted by molar-refractivity contribution is 0.358. The zero-order valence-corrected chi connectivity index (χ0v) is 8.23. The summed E-state index contributed by atoms with van der Waals surface area (Å²) in [6, 6.07) is 1.89. The molecule has 5 heteroatoms. The summed E-state index contributed by atoms with van der Waals surface area (Å²) in [6.45, 7) is 1.95. The van der Waals surface area contributed by atoms with E-state index in [4.69, 9.17) is 5.73 Å². The SMILES string of the molecule is Cc1ncc(N)cc1N1C=CN(C)N1. The van der Waals surface area contributed by atoms with Crippen molar-refractivity contribution in [2.24, 2.45) is 0 Å². The van der Waals surface area contributed by atoms with Crippen LogP contribution in [0.4, 0.5) is 11.4 Å². The number of anilines is 2. The third-order valence-corrected chi connectivity index (χ3v) is 2.05. The molecular formula is C9H13N5. The zero-order valence-electron chi connectivity index (χ0n) is 8.23. The van der Waals surface area contributed by atoms with Gasteiger partial charge in [-0.05, 0) is 13.0 Å². The highest BCUT2D eigenvalue weighted by Gasteiger charge is 2.12. The molecule has 0 saturated heterocycles. The smallest absolute Gasteiger partial charge is 0.0822 e. The van der Waals surface area contributed by atoms with Gasteiger partial charge >= 0.3 is 0 Å². The van der Waals surface area contributed by atoms with Crippen LogP contribution < -0.4 is 16.3 Å². The Morgan fingerprint density at radius 2 is 2.21 bits per heavy atom. The number of nitrogens with two attached hydrogens (primary N) is 1. The highest BCUT2D eigenvalue weighted by Crippen LogP contribution is 2.21. The molecule has 74 valence electrons. The number of aryl methyl sites for hydroxylation is 1. The van der Waals surface area contributed by atoms with Crippen molar-refractivity contribution in [1.29, 1.82) is 0 Å². The fourth-order valence-electron chi connectivity index (χ4n) is 1.32. The molecule has 0 radical (unpaired) electrons. The Morgan fingerprint density at radius 3 is 2.86 bits per heavy atom. The predicted molar refractivity (Wildman–Crippen MR) is 55.9 cm³/mol. The van der Waals surface area contributed by atoms with Crippen LogP contribution in [0.1, 0.15) is 5.69 Å². The van der Waals surface area contributed by atoms with Crippen molar-refractivity contribution in [3.63, 3.8) is 0 Å². The summed E-state index contributed by atoms with van der Waals surface area (Å²) in [5.74, 6) is 0. The van der Waals surface area contributed by atoms with Crippen molar-refractivity contribution >= 4 is 11.4 Å². The molecule has 0 aromatic carbocycles. The van der Waals surface area contributed by atoms with Crippen LogP contribution in [0.5, 0.6) is 0 Å². The summed E-state index contributed by atoms with van der Waals surface area (Å²) >= 11 is 0. The molecule has 14 heavy (non-hydrogen) atoms. The monoisotopic (exact) mass is 191 g/mol. The third kappa shape index (κ3) is 1.49. The molecule has 1 aliphatic rings. The number of hydrogen-bond donors (Lipinski definition) is 2. The maximum absolute atomic E-state index is 5.68. The molecule has 1 aliphatic heterocycles. The van der Waals surface area contributed by atoms with Crippen LogP contribution in [0.25, 0.3) is 0 Å². The Morgan fingerprint density at radius 1 is 1.43 bits per heavy atom. The van der Waals surface area contributed by atoms with Gasteiger partial charge in [0.25, 0.3) is 0 Å². The van der Waals surface area contributed by atoms with E-state index in [9.17, 15) is 0 Å². The lowest BCUT2D eigenvalue weighted by Gasteiger charge is -2.20. The topological polar surface area (TPSA) is 57.4 Å². The first-order valence-corrected chi connectivity index (χ1v) is 4.35. The lowest BCUT2D eigenvalue weighted by atomic mass is 10.3. The number of rotatable bonds is 1. The van der Waals surface area contributed by atoms with E-state index in [0.717, 1.165) is 11.4 Å². The van der Waals surface area contributed by atoms with E-state index in [1.54, 1.807) is 6.20 Å². The molecule has 0 fully saturated rings. The number of nitrogens with zero attached hydrogens (tertiary/aromatic N) is 3. The van der Waals surface area contributed by atoms with Gasteiger partial charge in [0.05, 0.1) is 23.3 Å². The van der Waals surface area contributed by atoms with Gasteiger partial charge in [-0.3, -0.25) is 15.0 Å². The van der Waals surface area contributed by atoms with Crippen LogP contribution in [-0.4, -0.2) is 17.0 Å². The molecule has 0 amide bonds. The highest BCUT2D eigenvalue weighted by atomic mass is 15.8. The number of aromatic nitrogens is 1. The second-order valence-electron chi connectivity index (χ2n) is 3.25. The van der Waals surface area contributed by atoms with Crippen molar-refractivity contribution in [1.82, 2.24) is 15.5 Å². The molecule has 2 heterocycles. The minimum absolute atomic E-state index is 0.662. The minimum Gasteiger partial charge on any atom is -0.397 e. The molecule has 0 spiro atoms. The number of pyridine rings is 1. The number of nitrogens with one attached hydrogen (secondary N) is 1. The van der Waals surface area contributed by atoms with E-state index in [1.165, 1.54) is 0 Å². The average molecular weight is 191 g/mol. The minimum atomic E-state index is 0.662. The van der Waals surface area contributed by atoms with Gasteiger partial charge in [-0.15, -0.1) is 5.53 Å². The summed E-state index contributed by atoms with van der Waals surface area (Å²) in [6.07, 6.45) is 5.49. The Kier molecular flexibility index (Phi) is 2.01. The maximum Gasteiger partial charge on any atom is 0.0822 e. The van der Waals surface area contributed by atoms with Crippen LogP contribution in [0.15, 0.2) is 24.7 Å². The van der Waals surface area contributed by atoms with E-state index in [0.29, 0.717) is 5.69 Å². The molecule has 2 rings (SSSR count). The molecule has 0 atom stereocenters. The molecule has 0 unspecified atom stereocenters. The fourth-order valence-corrected chi connectivity index (χ4v) is 1.32.